The predicted molar refractivity (Wildman–Crippen MR) is 101 cm³/mol. The highest BCUT2D eigenvalue weighted by atomic mass is 16.9. The van der Waals surface area contributed by atoms with Crippen LogP contribution in [0.15, 0.2) is 30.3 Å². The van der Waals surface area contributed by atoms with Crippen molar-refractivity contribution in [1.82, 2.24) is 0 Å². The van der Waals surface area contributed by atoms with Crippen LogP contribution in [0.2, 0.25) is 0 Å². The minimum atomic E-state index is -0.661. The molecule has 0 unspecified atom stereocenters. The van der Waals surface area contributed by atoms with E-state index in [1.165, 1.54) is 5.56 Å². The van der Waals surface area contributed by atoms with Crippen LogP contribution >= 0.6 is 0 Å². The third kappa shape index (κ3) is 4.22. The number of hydrogen-bond donors (Lipinski definition) is 0. The minimum absolute atomic E-state index is 0.0475. The van der Waals surface area contributed by atoms with E-state index in [1.54, 1.807) is 0 Å². The Bertz CT molecular complexity index is 643. The van der Waals surface area contributed by atoms with Crippen LogP contribution in [0, 0.1) is 5.92 Å². The maximum atomic E-state index is 6.30. The Hall–Kier alpha value is -0.980. The van der Waals surface area contributed by atoms with Crippen molar-refractivity contribution in [3.63, 3.8) is 0 Å². The highest BCUT2D eigenvalue weighted by molar-refractivity contribution is 5.15. The average molecular weight is 376 g/mol. The molecule has 0 radical (unpaired) electrons. The van der Waals surface area contributed by atoms with Gasteiger partial charge in [0.2, 0.25) is 0 Å². The second-order valence-electron chi connectivity index (χ2n) is 9.08. The molecule has 0 aromatic heterocycles. The van der Waals surface area contributed by atoms with Crippen molar-refractivity contribution in [2.24, 2.45) is 5.92 Å². The molecule has 3 heterocycles. The molecule has 0 saturated carbocycles. The first-order valence-electron chi connectivity index (χ1n) is 10.1. The van der Waals surface area contributed by atoms with E-state index in [-0.39, 0.29) is 24.4 Å². The molecule has 3 aliphatic rings. The lowest BCUT2D eigenvalue weighted by Gasteiger charge is -2.37. The molecule has 3 aliphatic heterocycles. The Balaban J connectivity index is 1.41. The number of benzene rings is 1. The van der Waals surface area contributed by atoms with E-state index in [4.69, 9.17) is 23.7 Å². The van der Waals surface area contributed by atoms with Crippen LogP contribution in [0.25, 0.3) is 0 Å². The van der Waals surface area contributed by atoms with Gasteiger partial charge in [-0.1, -0.05) is 37.3 Å². The van der Waals surface area contributed by atoms with E-state index in [0.717, 1.165) is 19.3 Å². The maximum Gasteiger partial charge on any atom is 0.190 e. The zero-order valence-corrected chi connectivity index (χ0v) is 17.0. The van der Waals surface area contributed by atoms with E-state index in [9.17, 15) is 0 Å². The van der Waals surface area contributed by atoms with E-state index in [0.29, 0.717) is 5.92 Å². The molecule has 3 saturated heterocycles. The topological polar surface area (TPSA) is 46.2 Å². The van der Waals surface area contributed by atoms with Gasteiger partial charge in [0.05, 0.1) is 6.10 Å². The third-order valence-corrected chi connectivity index (χ3v) is 5.62. The fourth-order valence-corrected chi connectivity index (χ4v) is 4.49. The fraction of sp³-hybridized carbons (Fsp3) is 0.727. The quantitative estimate of drug-likeness (QED) is 0.776. The molecule has 1 aromatic rings. The summed E-state index contributed by atoms with van der Waals surface area (Å²) in [6.07, 6.45) is 2.09. The van der Waals surface area contributed by atoms with Gasteiger partial charge < -0.3 is 23.7 Å². The molecule has 6 atom stereocenters. The SMILES string of the molecule is C[C@@H](CC[C@H]1O[C@@H]2OC(C)(C)O[C@@H]2[C@H]2OC(C)(C)O[C@H]21)Cc1ccccc1. The zero-order chi connectivity index (χ0) is 19.2. The van der Waals surface area contributed by atoms with E-state index >= 15 is 0 Å². The van der Waals surface area contributed by atoms with E-state index in [2.05, 4.69) is 37.3 Å². The predicted octanol–water partition coefficient (Wildman–Crippen LogP) is 4.04. The summed E-state index contributed by atoms with van der Waals surface area (Å²) in [5, 5.41) is 0. The van der Waals surface area contributed by atoms with Gasteiger partial charge >= 0.3 is 0 Å². The normalized spacial score (nSPS) is 37.6. The number of hydrogen-bond acceptors (Lipinski definition) is 5. The van der Waals surface area contributed by atoms with Crippen LogP contribution in [0.5, 0.6) is 0 Å². The Morgan fingerprint density at radius 2 is 1.48 bits per heavy atom. The molecule has 27 heavy (non-hydrogen) atoms. The van der Waals surface area contributed by atoms with Crippen molar-refractivity contribution in [1.29, 1.82) is 0 Å². The lowest BCUT2D eigenvalue weighted by Crippen LogP contribution is -2.54. The second-order valence-corrected chi connectivity index (χ2v) is 9.08. The van der Waals surface area contributed by atoms with Gasteiger partial charge in [0.15, 0.2) is 17.9 Å². The zero-order valence-electron chi connectivity index (χ0n) is 17.0. The van der Waals surface area contributed by atoms with Gasteiger partial charge in [0.25, 0.3) is 0 Å². The summed E-state index contributed by atoms with van der Waals surface area (Å²) in [6, 6.07) is 10.6. The second kappa shape index (κ2) is 7.12. The Morgan fingerprint density at radius 3 is 2.22 bits per heavy atom. The third-order valence-electron chi connectivity index (χ3n) is 5.62. The highest BCUT2D eigenvalue weighted by Crippen LogP contribution is 2.45. The van der Waals surface area contributed by atoms with Crippen molar-refractivity contribution < 1.29 is 23.7 Å². The summed E-state index contributed by atoms with van der Waals surface area (Å²) in [6.45, 7) is 10.0. The van der Waals surface area contributed by atoms with Gasteiger partial charge in [0.1, 0.15) is 18.3 Å². The molecule has 4 rings (SSSR count). The van der Waals surface area contributed by atoms with Crippen molar-refractivity contribution in [3.8, 4) is 0 Å². The molecule has 0 aliphatic carbocycles. The summed E-state index contributed by atoms with van der Waals surface area (Å²) in [5.74, 6) is -0.719. The van der Waals surface area contributed by atoms with E-state index < -0.39 is 17.9 Å². The minimum Gasteiger partial charge on any atom is -0.344 e. The van der Waals surface area contributed by atoms with Gasteiger partial charge in [-0.15, -0.1) is 0 Å². The monoisotopic (exact) mass is 376 g/mol. The van der Waals surface area contributed by atoms with Crippen molar-refractivity contribution in [2.45, 2.75) is 96.2 Å². The molecule has 5 heteroatoms. The number of fused-ring (bicyclic) bond motifs is 3. The van der Waals surface area contributed by atoms with Gasteiger partial charge in [-0.05, 0) is 58.4 Å². The lowest BCUT2D eigenvalue weighted by atomic mass is 9.91. The summed E-state index contributed by atoms with van der Waals surface area (Å²) in [7, 11) is 0. The van der Waals surface area contributed by atoms with Crippen LogP contribution in [-0.4, -0.2) is 42.3 Å². The van der Waals surface area contributed by atoms with Crippen LogP contribution in [0.3, 0.4) is 0 Å². The average Bonchev–Trinajstić information content (AvgIpc) is 3.07. The first-order valence-corrected chi connectivity index (χ1v) is 10.1. The molecule has 0 bridgehead atoms. The Kier molecular flexibility index (Phi) is 5.10. The highest BCUT2D eigenvalue weighted by Gasteiger charge is 2.60. The molecule has 3 fully saturated rings. The fourth-order valence-electron chi connectivity index (χ4n) is 4.49. The summed E-state index contributed by atoms with van der Waals surface area (Å²) in [4.78, 5) is 0. The van der Waals surface area contributed by atoms with Crippen molar-refractivity contribution in [2.75, 3.05) is 0 Å². The van der Waals surface area contributed by atoms with Gasteiger partial charge in [-0.3, -0.25) is 0 Å². The van der Waals surface area contributed by atoms with E-state index in [1.807, 2.05) is 27.7 Å². The first-order chi connectivity index (χ1) is 12.7. The van der Waals surface area contributed by atoms with Gasteiger partial charge in [-0.25, -0.2) is 0 Å². The molecule has 150 valence electrons. The largest absolute Gasteiger partial charge is 0.344 e. The summed E-state index contributed by atoms with van der Waals surface area (Å²) in [5.41, 5.74) is 1.38. The molecular formula is C22H32O5. The van der Waals surface area contributed by atoms with Crippen LogP contribution in [0.1, 0.15) is 53.0 Å². The molecule has 0 N–H and O–H groups in total. The number of rotatable bonds is 5. The van der Waals surface area contributed by atoms with Crippen LogP contribution < -0.4 is 0 Å². The maximum absolute atomic E-state index is 6.30. The number of ether oxygens (including phenoxy) is 5. The molecule has 0 spiro atoms. The molecule has 5 nitrogen and oxygen atoms in total. The lowest BCUT2D eigenvalue weighted by molar-refractivity contribution is -0.235. The Labute approximate surface area is 162 Å². The first kappa shape index (κ1) is 19.3. The van der Waals surface area contributed by atoms with Crippen molar-refractivity contribution >= 4 is 0 Å². The van der Waals surface area contributed by atoms with Gasteiger partial charge in [-0.2, -0.15) is 0 Å². The smallest absolute Gasteiger partial charge is 0.190 e. The molecule has 1 aromatic carbocycles. The molecular weight excluding hydrogens is 344 g/mol. The summed E-state index contributed by atoms with van der Waals surface area (Å²) >= 11 is 0. The standard InChI is InChI=1S/C22H32O5/c1-14(13-15-9-7-6-8-10-15)11-12-16-17-18(25-21(2,3)24-17)19-20(23-16)27-22(4,5)26-19/h6-10,14,16-20H,11-13H2,1-5H3/t14-,16+,17-,18-,19+,20+/m0/s1. The van der Waals surface area contributed by atoms with Gasteiger partial charge in [0, 0.05) is 0 Å². The molecule has 0 amide bonds. The van der Waals surface area contributed by atoms with Crippen LogP contribution in [-0.2, 0) is 30.1 Å². The van der Waals surface area contributed by atoms with Crippen LogP contribution in [0.4, 0.5) is 0 Å². The Morgan fingerprint density at radius 1 is 0.852 bits per heavy atom. The van der Waals surface area contributed by atoms with Crippen molar-refractivity contribution in [3.05, 3.63) is 35.9 Å². The summed E-state index contributed by atoms with van der Waals surface area (Å²) < 4.78 is 30.7.